The third kappa shape index (κ3) is 5.51. The lowest BCUT2D eigenvalue weighted by molar-refractivity contribution is -0.116. The Labute approximate surface area is 176 Å². The van der Waals surface area contributed by atoms with Gasteiger partial charge in [0.05, 0.1) is 0 Å². The topological polar surface area (TPSA) is 50.8 Å². The Morgan fingerprint density at radius 3 is 2.54 bits per heavy atom. The van der Waals surface area contributed by atoms with Gasteiger partial charge in [-0.05, 0) is 50.4 Å². The summed E-state index contributed by atoms with van der Waals surface area (Å²) in [7, 11) is 0. The van der Waals surface area contributed by atoms with Gasteiger partial charge in [-0.1, -0.05) is 0 Å². The van der Waals surface area contributed by atoms with Crippen LogP contribution in [0.3, 0.4) is 0 Å². The molecular formula is C21H30N2O3S2. The largest absolute Gasteiger partial charge is 0.486 e. The first-order valence-corrected chi connectivity index (χ1v) is 12.7. The average Bonchev–Trinajstić information content (AvgIpc) is 3.02. The molecule has 7 heteroatoms. The van der Waals surface area contributed by atoms with Gasteiger partial charge in [0.1, 0.15) is 13.2 Å². The summed E-state index contributed by atoms with van der Waals surface area (Å²) in [5.41, 5.74) is 0.785. The van der Waals surface area contributed by atoms with Gasteiger partial charge < -0.3 is 14.8 Å². The highest BCUT2D eigenvalue weighted by atomic mass is 32.2. The molecule has 0 aliphatic carbocycles. The van der Waals surface area contributed by atoms with Gasteiger partial charge in [0.25, 0.3) is 0 Å². The summed E-state index contributed by atoms with van der Waals surface area (Å²) >= 11 is 4.22. The van der Waals surface area contributed by atoms with Crippen LogP contribution in [-0.4, -0.2) is 66.2 Å². The molecule has 0 bridgehead atoms. The molecule has 1 aromatic carbocycles. The Morgan fingerprint density at radius 2 is 1.79 bits per heavy atom. The molecule has 1 amide bonds. The third-order valence-corrected chi connectivity index (χ3v) is 8.25. The molecule has 0 atom stereocenters. The van der Waals surface area contributed by atoms with Crippen LogP contribution in [0.25, 0.3) is 0 Å². The molecule has 3 aliphatic rings. The SMILES string of the molecule is O=C(CCC1CCN(C2CSCCSC2)CC1)Nc1ccc2c(c1)OCCO2. The summed E-state index contributed by atoms with van der Waals surface area (Å²) in [4.78, 5) is 15.1. The van der Waals surface area contributed by atoms with Crippen molar-refractivity contribution in [1.82, 2.24) is 4.90 Å². The Bertz CT molecular complexity index is 657. The predicted molar refractivity (Wildman–Crippen MR) is 118 cm³/mol. The number of nitrogens with one attached hydrogen (secondary N) is 1. The van der Waals surface area contributed by atoms with Crippen molar-refractivity contribution in [3.05, 3.63) is 18.2 Å². The standard InChI is InChI=1S/C21H30N2O3S2/c24-21(22-17-2-3-19-20(13-17)26-10-9-25-19)4-1-16-5-7-23(8-6-16)18-14-27-11-12-28-15-18/h2-3,13,16,18H,1,4-12,14-15H2,(H,22,24). The maximum absolute atomic E-state index is 12.4. The lowest BCUT2D eigenvalue weighted by Gasteiger charge is -2.37. The number of thioether (sulfide) groups is 2. The van der Waals surface area contributed by atoms with Crippen molar-refractivity contribution in [2.75, 3.05) is 54.6 Å². The lowest BCUT2D eigenvalue weighted by atomic mass is 9.91. The van der Waals surface area contributed by atoms with Gasteiger partial charge in [-0.2, -0.15) is 23.5 Å². The van der Waals surface area contributed by atoms with Gasteiger partial charge in [0, 0.05) is 47.2 Å². The predicted octanol–water partition coefficient (Wildman–Crippen LogP) is 3.74. The van der Waals surface area contributed by atoms with E-state index in [0.29, 0.717) is 31.3 Å². The van der Waals surface area contributed by atoms with Crippen LogP contribution >= 0.6 is 23.5 Å². The molecule has 2 saturated heterocycles. The molecule has 1 N–H and O–H groups in total. The first kappa shape index (κ1) is 20.2. The minimum Gasteiger partial charge on any atom is -0.486 e. The van der Waals surface area contributed by atoms with E-state index in [-0.39, 0.29) is 5.91 Å². The maximum atomic E-state index is 12.4. The number of carbonyl (C=O) groups excluding carboxylic acids is 1. The van der Waals surface area contributed by atoms with Crippen LogP contribution in [0.2, 0.25) is 0 Å². The van der Waals surface area contributed by atoms with Crippen molar-refractivity contribution in [3.63, 3.8) is 0 Å². The first-order chi connectivity index (χ1) is 13.8. The molecule has 154 valence electrons. The number of anilines is 1. The molecule has 0 aromatic heterocycles. The third-order valence-electron chi connectivity index (χ3n) is 5.76. The number of fused-ring (bicyclic) bond motifs is 1. The number of piperidine rings is 1. The van der Waals surface area contributed by atoms with Crippen LogP contribution in [0.4, 0.5) is 5.69 Å². The molecule has 5 nitrogen and oxygen atoms in total. The monoisotopic (exact) mass is 422 g/mol. The van der Waals surface area contributed by atoms with Crippen molar-refractivity contribution in [2.24, 2.45) is 5.92 Å². The van der Waals surface area contributed by atoms with Crippen molar-refractivity contribution in [2.45, 2.75) is 31.7 Å². The second-order valence-corrected chi connectivity index (χ2v) is 10.0. The van der Waals surface area contributed by atoms with Crippen molar-refractivity contribution in [1.29, 1.82) is 0 Å². The Morgan fingerprint density at radius 1 is 1.07 bits per heavy atom. The van der Waals surface area contributed by atoms with E-state index in [1.54, 1.807) is 0 Å². The summed E-state index contributed by atoms with van der Waals surface area (Å²) in [6.45, 7) is 3.53. The summed E-state index contributed by atoms with van der Waals surface area (Å²) in [6.07, 6.45) is 4.03. The van der Waals surface area contributed by atoms with Gasteiger partial charge in [0.2, 0.25) is 5.91 Å². The number of rotatable bonds is 5. The number of likely N-dealkylation sites (tertiary alicyclic amines) is 1. The molecule has 3 heterocycles. The van der Waals surface area contributed by atoms with Crippen LogP contribution < -0.4 is 14.8 Å². The highest BCUT2D eigenvalue weighted by molar-refractivity contribution is 8.03. The molecule has 28 heavy (non-hydrogen) atoms. The second kappa shape index (κ2) is 10.1. The Hall–Kier alpha value is -1.05. The molecule has 1 aromatic rings. The van der Waals surface area contributed by atoms with E-state index in [4.69, 9.17) is 9.47 Å². The van der Waals surface area contributed by atoms with Crippen LogP contribution in [0.1, 0.15) is 25.7 Å². The zero-order valence-corrected chi connectivity index (χ0v) is 18.0. The van der Waals surface area contributed by atoms with Gasteiger partial charge in [-0.25, -0.2) is 0 Å². The van der Waals surface area contributed by atoms with E-state index < -0.39 is 0 Å². The number of hydrogen-bond donors (Lipinski definition) is 1. The van der Waals surface area contributed by atoms with E-state index >= 15 is 0 Å². The Kier molecular flexibility index (Phi) is 7.31. The van der Waals surface area contributed by atoms with Crippen LogP contribution in [0, 0.1) is 5.92 Å². The second-order valence-electron chi connectivity index (χ2n) is 7.73. The molecule has 3 aliphatic heterocycles. The molecule has 0 radical (unpaired) electrons. The van der Waals surface area contributed by atoms with Gasteiger partial charge in [0.15, 0.2) is 11.5 Å². The summed E-state index contributed by atoms with van der Waals surface area (Å²) < 4.78 is 11.1. The fourth-order valence-corrected chi connectivity index (χ4v) is 6.73. The van der Waals surface area contributed by atoms with Crippen LogP contribution in [0.5, 0.6) is 11.5 Å². The highest BCUT2D eigenvalue weighted by Gasteiger charge is 2.26. The van der Waals surface area contributed by atoms with Gasteiger partial charge in [-0.3, -0.25) is 9.69 Å². The fraction of sp³-hybridized carbons (Fsp3) is 0.667. The number of amides is 1. The first-order valence-electron chi connectivity index (χ1n) is 10.4. The average molecular weight is 423 g/mol. The zero-order valence-electron chi connectivity index (χ0n) is 16.4. The summed E-state index contributed by atoms with van der Waals surface area (Å²) in [5, 5.41) is 3.01. The lowest BCUT2D eigenvalue weighted by Crippen LogP contribution is -2.44. The van der Waals surface area contributed by atoms with Crippen LogP contribution in [-0.2, 0) is 4.79 Å². The quantitative estimate of drug-likeness (QED) is 0.780. The summed E-state index contributed by atoms with van der Waals surface area (Å²) in [6, 6.07) is 6.35. The number of nitrogens with zero attached hydrogens (tertiary/aromatic N) is 1. The summed E-state index contributed by atoms with van der Waals surface area (Å²) in [5.74, 6) is 7.41. The number of benzene rings is 1. The van der Waals surface area contributed by atoms with E-state index in [0.717, 1.165) is 23.9 Å². The van der Waals surface area contributed by atoms with Crippen molar-refractivity contribution in [3.8, 4) is 11.5 Å². The minimum absolute atomic E-state index is 0.0932. The smallest absolute Gasteiger partial charge is 0.224 e. The van der Waals surface area contributed by atoms with Gasteiger partial charge >= 0.3 is 0 Å². The highest BCUT2D eigenvalue weighted by Crippen LogP contribution is 2.33. The van der Waals surface area contributed by atoms with Crippen molar-refractivity contribution >= 4 is 35.1 Å². The molecule has 2 fully saturated rings. The zero-order chi connectivity index (χ0) is 19.2. The van der Waals surface area contributed by atoms with E-state index in [2.05, 4.69) is 33.7 Å². The number of ether oxygens (including phenoxy) is 2. The van der Waals surface area contributed by atoms with Crippen LogP contribution in [0.15, 0.2) is 18.2 Å². The number of carbonyl (C=O) groups is 1. The minimum atomic E-state index is 0.0932. The fourth-order valence-electron chi connectivity index (χ4n) is 4.10. The van der Waals surface area contributed by atoms with E-state index in [1.165, 1.54) is 48.9 Å². The van der Waals surface area contributed by atoms with Crippen molar-refractivity contribution < 1.29 is 14.3 Å². The molecule has 4 rings (SSSR count). The molecular weight excluding hydrogens is 392 g/mol. The molecule has 0 unspecified atom stereocenters. The molecule has 0 saturated carbocycles. The normalized spacial score (nSPS) is 21.9. The molecule has 0 spiro atoms. The maximum Gasteiger partial charge on any atom is 0.224 e. The van der Waals surface area contributed by atoms with E-state index in [1.807, 2.05) is 18.2 Å². The number of hydrogen-bond acceptors (Lipinski definition) is 6. The van der Waals surface area contributed by atoms with E-state index in [9.17, 15) is 4.79 Å². The van der Waals surface area contributed by atoms with Gasteiger partial charge in [-0.15, -0.1) is 0 Å². The Balaban J connectivity index is 1.18.